The van der Waals surface area contributed by atoms with Gasteiger partial charge in [0.05, 0.1) is 13.2 Å². The molecule has 0 bridgehead atoms. The topological polar surface area (TPSA) is 169 Å². The van der Waals surface area contributed by atoms with Crippen molar-refractivity contribution in [2.24, 2.45) is 0 Å². The molecule has 0 aromatic carbocycles. The average Bonchev–Trinajstić information content (AvgIpc) is 3.05. The van der Waals surface area contributed by atoms with Crippen molar-refractivity contribution in [3.63, 3.8) is 0 Å². The summed E-state index contributed by atoms with van der Waals surface area (Å²) in [6.45, 7) is 2.53. The van der Waals surface area contributed by atoms with Crippen LogP contribution in [0.4, 0.5) is 0 Å². The van der Waals surface area contributed by atoms with Crippen LogP contribution in [0.15, 0.2) is 12.2 Å². The van der Waals surface area contributed by atoms with Crippen LogP contribution in [0, 0.1) is 0 Å². The van der Waals surface area contributed by atoms with Crippen molar-refractivity contribution in [3.05, 3.63) is 12.2 Å². The number of hydrogen-bond donors (Lipinski definition) is 4. The predicted octanol–water partition coefficient (Wildman–Crippen LogP) is 8.55. The Labute approximate surface area is 290 Å². The highest BCUT2D eigenvalue weighted by atomic mass is 31.2. The number of amides is 1. The molecular weight excluding hydrogens is 637 g/mol. The first-order valence-corrected chi connectivity index (χ1v) is 20.2. The van der Waals surface area contributed by atoms with E-state index in [9.17, 15) is 34.1 Å². The number of rotatable bonds is 35. The molecule has 0 rings (SSSR count). The van der Waals surface area contributed by atoms with E-state index in [0.29, 0.717) is 12.8 Å². The molecular formula is C36H68NO10P. The smallest absolute Gasteiger partial charge is 0.472 e. The van der Waals surface area contributed by atoms with Crippen LogP contribution in [0.2, 0.25) is 0 Å². The Morgan fingerprint density at radius 1 is 0.646 bits per heavy atom. The van der Waals surface area contributed by atoms with E-state index in [1.54, 1.807) is 0 Å². The minimum Gasteiger partial charge on any atom is -0.480 e. The Balaban J connectivity index is 3.96. The third-order valence-electron chi connectivity index (χ3n) is 8.05. The summed E-state index contributed by atoms with van der Waals surface area (Å²) in [5.41, 5.74) is 0. The third kappa shape index (κ3) is 31.5. The monoisotopic (exact) mass is 705 g/mol. The quantitative estimate of drug-likeness (QED) is 0.0217. The number of nitrogens with one attached hydrogen (secondary N) is 1. The van der Waals surface area contributed by atoms with Crippen LogP contribution in [-0.4, -0.2) is 64.9 Å². The lowest BCUT2D eigenvalue weighted by Gasteiger charge is -2.18. The molecule has 0 aliphatic heterocycles. The van der Waals surface area contributed by atoms with Gasteiger partial charge in [-0.05, 0) is 38.5 Å². The molecule has 11 nitrogen and oxygen atoms in total. The number of aliphatic hydroxyl groups is 1. The number of aliphatic carboxylic acids is 1. The Morgan fingerprint density at radius 2 is 1.08 bits per heavy atom. The van der Waals surface area contributed by atoms with Crippen molar-refractivity contribution in [1.82, 2.24) is 5.32 Å². The minimum atomic E-state index is -4.74. The number of phosphoric ester groups is 1. The van der Waals surface area contributed by atoms with E-state index in [0.717, 1.165) is 57.8 Å². The molecule has 0 saturated heterocycles. The fourth-order valence-corrected chi connectivity index (χ4v) is 5.85. The van der Waals surface area contributed by atoms with Gasteiger partial charge in [-0.3, -0.25) is 18.6 Å². The largest absolute Gasteiger partial charge is 0.480 e. The number of hydrogen-bond acceptors (Lipinski definition) is 8. The molecule has 0 fully saturated rings. The standard InChI is InChI=1S/C36H68NO10P/c1-3-5-7-9-11-13-15-16-17-18-20-22-24-26-28-35(40)45-29-32(38)30-46-48(43,44)47-31-33(36(41)42)37-34(39)27-25-23-21-19-14-12-10-8-6-4-2/h15-16,32-33,38H,3-14,17-31H2,1-2H3,(H,37,39)(H,41,42)(H,43,44)/b16-15-. The van der Waals surface area contributed by atoms with Crippen molar-refractivity contribution in [3.8, 4) is 0 Å². The minimum absolute atomic E-state index is 0.149. The molecule has 0 saturated carbocycles. The fraction of sp³-hybridized carbons (Fsp3) is 0.861. The maximum absolute atomic E-state index is 12.2. The SMILES string of the molecule is CCCCCCC/C=C\CCCCCCCC(=O)OCC(O)COP(=O)(O)OCC(NC(=O)CCCCCCCCCCCC)C(=O)O. The maximum atomic E-state index is 12.2. The van der Waals surface area contributed by atoms with E-state index in [1.807, 2.05) is 0 Å². The van der Waals surface area contributed by atoms with Gasteiger partial charge in [0.15, 0.2) is 6.04 Å². The number of carbonyl (C=O) groups is 3. The Morgan fingerprint density at radius 3 is 1.58 bits per heavy atom. The number of carboxylic acid groups (broad SMARTS) is 1. The number of carboxylic acids is 1. The lowest BCUT2D eigenvalue weighted by atomic mass is 10.1. The molecule has 1 amide bonds. The summed E-state index contributed by atoms with van der Waals surface area (Å²) >= 11 is 0. The van der Waals surface area contributed by atoms with E-state index in [2.05, 4.69) is 31.3 Å². The van der Waals surface area contributed by atoms with Gasteiger partial charge >= 0.3 is 19.8 Å². The summed E-state index contributed by atoms with van der Waals surface area (Å²) < 4.78 is 26.7. The van der Waals surface area contributed by atoms with Crippen molar-refractivity contribution >= 4 is 25.7 Å². The fourth-order valence-electron chi connectivity index (χ4n) is 5.07. The van der Waals surface area contributed by atoms with E-state index in [1.165, 1.54) is 70.6 Å². The molecule has 0 aromatic rings. The van der Waals surface area contributed by atoms with Crippen molar-refractivity contribution in [2.75, 3.05) is 19.8 Å². The first-order valence-electron chi connectivity index (χ1n) is 18.7. The zero-order valence-corrected chi connectivity index (χ0v) is 30.9. The lowest BCUT2D eigenvalue weighted by molar-refractivity contribution is -0.147. The first-order chi connectivity index (χ1) is 23.1. The number of phosphoric acid groups is 1. The van der Waals surface area contributed by atoms with E-state index in [-0.39, 0.29) is 12.8 Å². The van der Waals surface area contributed by atoms with E-state index >= 15 is 0 Å². The van der Waals surface area contributed by atoms with Crippen LogP contribution in [0.1, 0.15) is 168 Å². The number of esters is 1. The molecule has 0 spiro atoms. The number of allylic oxidation sites excluding steroid dienone is 2. The van der Waals surface area contributed by atoms with Crippen molar-refractivity contribution in [2.45, 2.75) is 180 Å². The van der Waals surface area contributed by atoms with Gasteiger partial charge in [-0.2, -0.15) is 0 Å². The highest BCUT2D eigenvalue weighted by Crippen LogP contribution is 2.43. The second kappa shape index (κ2) is 32.4. The van der Waals surface area contributed by atoms with Gasteiger partial charge < -0.3 is 25.2 Å². The van der Waals surface area contributed by atoms with Crippen molar-refractivity contribution < 1.29 is 47.8 Å². The predicted molar refractivity (Wildman–Crippen MR) is 190 cm³/mol. The zero-order valence-electron chi connectivity index (χ0n) is 30.0. The maximum Gasteiger partial charge on any atom is 0.472 e. The molecule has 3 atom stereocenters. The molecule has 0 aromatic heterocycles. The van der Waals surface area contributed by atoms with Gasteiger partial charge in [-0.25, -0.2) is 9.36 Å². The summed E-state index contributed by atoms with van der Waals surface area (Å²) in [4.78, 5) is 45.6. The normalized spacial score (nSPS) is 14.1. The third-order valence-corrected chi connectivity index (χ3v) is 9.01. The summed E-state index contributed by atoms with van der Waals surface area (Å²) in [5, 5.41) is 21.7. The van der Waals surface area contributed by atoms with Crippen LogP contribution in [-0.2, 0) is 32.7 Å². The second-order valence-electron chi connectivity index (χ2n) is 12.8. The first kappa shape index (κ1) is 46.2. The van der Waals surface area contributed by atoms with E-state index < -0.39 is 57.6 Å². The Bertz CT molecular complexity index is 885. The summed E-state index contributed by atoms with van der Waals surface area (Å²) in [6.07, 6.45) is 28.2. The highest BCUT2D eigenvalue weighted by Gasteiger charge is 2.28. The zero-order chi connectivity index (χ0) is 35.7. The van der Waals surface area contributed by atoms with Gasteiger partial charge in [0.2, 0.25) is 5.91 Å². The summed E-state index contributed by atoms with van der Waals surface area (Å²) in [7, 11) is -4.74. The number of aliphatic hydroxyl groups excluding tert-OH is 1. The molecule has 3 unspecified atom stereocenters. The molecule has 0 aliphatic rings. The van der Waals surface area contributed by atoms with Crippen LogP contribution >= 0.6 is 7.82 Å². The van der Waals surface area contributed by atoms with Gasteiger partial charge in [0.25, 0.3) is 0 Å². The molecule has 0 radical (unpaired) electrons. The molecule has 12 heteroatoms. The lowest BCUT2D eigenvalue weighted by Crippen LogP contribution is -2.43. The van der Waals surface area contributed by atoms with Crippen LogP contribution in [0.25, 0.3) is 0 Å². The molecule has 282 valence electrons. The average molecular weight is 706 g/mol. The summed E-state index contributed by atoms with van der Waals surface area (Å²) in [6, 6.07) is -1.54. The van der Waals surface area contributed by atoms with Gasteiger partial charge in [0, 0.05) is 12.8 Å². The highest BCUT2D eigenvalue weighted by molar-refractivity contribution is 7.47. The number of carbonyl (C=O) groups excluding carboxylic acids is 2. The van der Waals surface area contributed by atoms with Crippen molar-refractivity contribution in [1.29, 1.82) is 0 Å². The van der Waals surface area contributed by atoms with Crippen LogP contribution in [0.5, 0.6) is 0 Å². The molecule has 48 heavy (non-hydrogen) atoms. The number of ether oxygens (including phenoxy) is 1. The Hall–Kier alpha value is -1.78. The van der Waals surface area contributed by atoms with Gasteiger partial charge in [-0.15, -0.1) is 0 Å². The van der Waals surface area contributed by atoms with E-state index in [4.69, 9.17) is 13.8 Å². The second-order valence-corrected chi connectivity index (χ2v) is 14.2. The molecule has 0 aliphatic carbocycles. The number of unbranched alkanes of at least 4 members (excludes halogenated alkanes) is 19. The van der Waals surface area contributed by atoms with Gasteiger partial charge in [0.1, 0.15) is 12.7 Å². The van der Waals surface area contributed by atoms with Crippen LogP contribution < -0.4 is 5.32 Å². The Kier molecular flexibility index (Phi) is 31.2. The molecule has 4 N–H and O–H groups in total. The van der Waals surface area contributed by atoms with Gasteiger partial charge in [-0.1, -0.05) is 129 Å². The van der Waals surface area contributed by atoms with Crippen LogP contribution in [0.3, 0.4) is 0 Å². The summed E-state index contributed by atoms with van der Waals surface area (Å²) in [5.74, 6) is -2.38. The molecule has 0 heterocycles.